The molecule has 0 saturated carbocycles. The maximum absolute atomic E-state index is 13.5. The van der Waals surface area contributed by atoms with Crippen molar-refractivity contribution in [3.63, 3.8) is 0 Å². The number of hydrogen-bond acceptors (Lipinski definition) is 6. The zero-order valence-electron chi connectivity index (χ0n) is 17.0. The fourth-order valence-corrected chi connectivity index (χ4v) is 5.85. The third-order valence-electron chi connectivity index (χ3n) is 5.11. The quantitative estimate of drug-likeness (QED) is 0.490. The lowest BCUT2D eigenvalue weighted by Crippen LogP contribution is -2.44. The molecular weight excluding hydrogens is 455 g/mol. The third kappa shape index (κ3) is 4.16. The van der Waals surface area contributed by atoms with Gasteiger partial charge in [0.15, 0.2) is 0 Å². The van der Waals surface area contributed by atoms with Crippen LogP contribution in [0, 0.1) is 5.82 Å². The van der Waals surface area contributed by atoms with Gasteiger partial charge in [-0.25, -0.2) is 17.7 Å². The molecular formula is C22H19FN2O5S2. The van der Waals surface area contributed by atoms with Gasteiger partial charge in [-0.2, -0.15) is 4.31 Å². The Bertz CT molecular complexity index is 1230. The van der Waals surface area contributed by atoms with E-state index in [1.807, 2.05) is 0 Å². The first-order valence-corrected chi connectivity index (χ1v) is 11.9. The van der Waals surface area contributed by atoms with Gasteiger partial charge >= 0.3 is 0 Å². The third-order valence-corrected chi connectivity index (χ3v) is 7.84. The maximum Gasteiger partial charge on any atom is 0.252 e. The summed E-state index contributed by atoms with van der Waals surface area (Å²) in [4.78, 5) is 27.6. The van der Waals surface area contributed by atoms with Crippen molar-refractivity contribution in [1.82, 2.24) is 4.31 Å². The van der Waals surface area contributed by atoms with Gasteiger partial charge in [0.2, 0.25) is 15.9 Å². The Morgan fingerprint density at radius 2 is 1.78 bits per heavy atom. The van der Waals surface area contributed by atoms with Crippen molar-refractivity contribution in [3.05, 3.63) is 76.7 Å². The van der Waals surface area contributed by atoms with Crippen LogP contribution in [-0.4, -0.2) is 37.7 Å². The molecule has 1 fully saturated rings. The van der Waals surface area contributed by atoms with E-state index in [4.69, 9.17) is 4.74 Å². The molecule has 1 aliphatic heterocycles. The van der Waals surface area contributed by atoms with Gasteiger partial charge in [-0.1, -0.05) is 6.07 Å². The number of methoxy groups -OCH3 is 1. The lowest BCUT2D eigenvalue weighted by Gasteiger charge is -2.26. The Labute approximate surface area is 188 Å². The largest absolute Gasteiger partial charge is 0.497 e. The first-order valence-electron chi connectivity index (χ1n) is 9.62. The number of thiophene rings is 1. The molecule has 10 heteroatoms. The van der Waals surface area contributed by atoms with Crippen LogP contribution in [0.1, 0.15) is 11.3 Å². The summed E-state index contributed by atoms with van der Waals surface area (Å²) in [5.41, 5.74) is 0.196. The topological polar surface area (TPSA) is 84.0 Å². The van der Waals surface area contributed by atoms with Crippen molar-refractivity contribution < 1.29 is 27.1 Å². The molecule has 2 heterocycles. The van der Waals surface area contributed by atoms with E-state index in [1.165, 1.54) is 54.8 Å². The number of rotatable bonds is 7. The number of amides is 2. The molecule has 1 atom stereocenters. The van der Waals surface area contributed by atoms with Crippen LogP contribution in [0.5, 0.6) is 5.75 Å². The number of nitrogens with zero attached hydrogens (tertiary/aromatic N) is 2. The van der Waals surface area contributed by atoms with Crippen LogP contribution in [0.3, 0.4) is 0 Å². The fourth-order valence-electron chi connectivity index (χ4n) is 3.50. The highest BCUT2D eigenvalue weighted by Crippen LogP contribution is 2.31. The number of carbonyl (C=O) groups is 2. The Morgan fingerprint density at radius 1 is 1.09 bits per heavy atom. The van der Waals surface area contributed by atoms with Crippen molar-refractivity contribution in [2.24, 2.45) is 0 Å². The molecule has 2 aromatic carbocycles. The Balaban J connectivity index is 1.72. The lowest BCUT2D eigenvalue weighted by molar-refractivity contribution is -0.122. The summed E-state index contributed by atoms with van der Waals surface area (Å²) in [7, 11) is -2.66. The first-order chi connectivity index (χ1) is 15.3. The monoisotopic (exact) mass is 474 g/mol. The zero-order chi connectivity index (χ0) is 22.9. The molecule has 4 rings (SSSR count). The highest BCUT2D eigenvalue weighted by atomic mass is 32.2. The predicted molar refractivity (Wildman–Crippen MR) is 117 cm³/mol. The zero-order valence-corrected chi connectivity index (χ0v) is 18.6. The molecule has 1 unspecified atom stereocenters. The van der Waals surface area contributed by atoms with E-state index < -0.39 is 33.7 Å². The number of anilines is 1. The van der Waals surface area contributed by atoms with Gasteiger partial charge in [-0.15, -0.1) is 11.3 Å². The van der Waals surface area contributed by atoms with Crippen LogP contribution in [-0.2, 0) is 26.2 Å². The van der Waals surface area contributed by atoms with E-state index in [1.54, 1.807) is 17.5 Å². The number of hydrogen-bond donors (Lipinski definition) is 0. The minimum absolute atomic E-state index is 0.0182. The minimum atomic E-state index is -4.13. The summed E-state index contributed by atoms with van der Waals surface area (Å²) in [6.07, 6.45) is -0.309. The first kappa shape index (κ1) is 22.1. The molecule has 1 aromatic heterocycles. The molecule has 0 N–H and O–H groups in total. The number of ether oxygens (including phenoxy) is 1. The van der Waals surface area contributed by atoms with E-state index in [2.05, 4.69) is 0 Å². The van der Waals surface area contributed by atoms with Crippen molar-refractivity contribution in [1.29, 1.82) is 0 Å². The predicted octanol–water partition coefficient (Wildman–Crippen LogP) is 3.42. The Hall–Kier alpha value is -3.08. The van der Waals surface area contributed by atoms with E-state index in [-0.39, 0.29) is 23.5 Å². The van der Waals surface area contributed by atoms with Gasteiger partial charge in [-0.05, 0) is 60.0 Å². The smallest absolute Gasteiger partial charge is 0.252 e. The second-order valence-corrected chi connectivity index (χ2v) is 9.99. The molecule has 0 radical (unpaired) electrons. The van der Waals surface area contributed by atoms with Gasteiger partial charge in [0.1, 0.15) is 17.6 Å². The standard InChI is InChI=1S/C22H19FN2O5S2/c1-30-17-8-10-19(11-9-17)32(28,29)24(14-18-3-2-12-31-18)20-13-21(26)25(22(20)27)16-6-4-15(23)5-7-16/h2-12,20H,13-14H2,1H3. The highest BCUT2D eigenvalue weighted by molar-refractivity contribution is 7.89. The van der Waals surface area contributed by atoms with Crippen LogP contribution in [0.15, 0.2) is 70.9 Å². The van der Waals surface area contributed by atoms with Crippen LogP contribution in [0.25, 0.3) is 0 Å². The van der Waals surface area contributed by atoms with Gasteiger partial charge in [-0.3, -0.25) is 9.59 Å². The molecule has 166 valence electrons. The van der Waals surface area contributed by atoms with Crippen molar-refractivity contribution in [2.75, 3.05) is 12.0 Å². The number of imide groups is 1. The molecule has 0 spiro atoms. The fraction of sp³-hybridized carbons (Fsp3) is 0.182. The molecule has 3 aromatic rings. The van der Waals surface area contributed by atoms with Crippen molar-refractivity contribution in [3.8, 4) is 5.75 Å². The lowest BCUT2D eigenvalue weighted by atomic mass is 10.2. The molecule has 1 saturated heterocycles. The summed E-state index contributed by atoms with van der Waals surface area (Å²) >= 11 is 1.35. The maximum atomic E-state index is 13.5. The van der Waals surface area contributed by atoms with Crippen LogP contribution >= 0.6 is 11.3 Å². The summed E-state index contributed by atoms with van der Waals surface area (Å²) in [5.74, 6) is -1.24. The van der Waals surface area contributed by atoms with E-state index in [9.17, 15) is 22.4 Å². The van der Waals surface area contributed by atoms with Gasteiger partial charge in [0, 0.05) is 11.4 Å². The average Bonchev–Trinajstić information content (AvgIpc) is 3.40. The normalized spacial score (nSPS) is 16.7. The summed E-state index contributed by atoms with van der Waals surface area (Å²) < 4.78 is 46.5. The highest BCUT2D eigenvalue weighted by Gasteiger charge is 2.47. The van der Waals surface area contributed by atoms with Crippen LogP contribution in [0.4, 0.5) is 10.1 Å². The number of benzene rings is 2. The molecule has 0 aliphatic carbocycles. The van der Waals surface area contributed by atoms with Crippen molar-refractivity contribution >= 4 is 38.9 Å². The summed E-state index contributed by atoms with van der Waals surface area (Å²) in [6.45, 7) is -0.0625. The van der Waals surface area contributed by atoms with Crippen LogP contribution in [0.2, 0.25) is 0 Å². The minimum Gasteiger partial charge on any atom is -0.497 e. The van der Waals surface area contributed by atoms with Gasteiger partial charge < -0.3 is 4.74 Å². The van der Waals surface area contributed by atoms with Gasteiger partial charge in [0.05, 0.1) is 24.1 Å². The van der Waals surface area contributed by atoms with Crippen LogP contribution < -0.4 is 9.64 Å². The molecule has 0 bridgehead atoms. The molecule has 7 nitrogen and oxygen atoms in total. The Morgan fingerprint density at radius 3 is 2.38 bits per heavy atom. The van der Waals surface area contributed by atoms with E-state index in [0.29, 0.717) is 5.75 Å². The van der Waals surface area contributed by atoms with Crippen molar-refractivity contribution in [2.45, 2.75) is 23.9 Å². The average molecular weight is 475 g/mol. The SMILES string of the molecule is COc1ccc(S(=O)(=O)N(Cc2cccs2)C2CC(=O)N(c3ccc(F)cc3)C2=O)cc1. The number of sulfonamides is 1. The second-order valence-electron chi connectivity index (χ2n) is 7.07. The molecule has 2 amide bonds. The Kier molecular flexibility index (Phi) is 6.09. The second kappa shape index (κ2) is 8.81. The van der Waals surface area contributed by atoms with E-state index >= 15 is 0 Å². The summed E-state index contributed by atoms with van der Waals surface area (Å²) in [5, 5.41) is 1.81. The summed E-state index contributed by atoms with van der Waals surface area (Å²) in [6, 6.07) is 13.1. The number of halogens is 1. The molecule has 1 aliphatic rings. The number of carbonyl (C=O) groups excluding carboxylic acids is 2. The van der Waals surface area contributed by atoms with Gasteiger partial charge in [0.25, 0.3) is 5.91 Å². The molecule has 32 heavy (non-hydrogen) atoms. The van der Waals surface area contributed by atoms with E-state index in [0.717, 1.165) is 26.2 Å².